The molecule has 0 radical (unpaired) electrons. The van der Waals surface area contributed by atoms with Crippen LogP contribution in [-0.2, 0) is 0 Å². The summed E-state index contributed by atoms with van der Waals surface area (Å²) in [5.74, 6) is 0. The van der Waals surface area contributed by atoms with E-state index in [2.05, 4.69) is 5.32 Å². The Hall–Kier alpha value is -2.40. The van der Waals surface area contributed by atoms with Gasteiger partial charge in [-0.05, 0) is 24.1 Å². The third kappa shape index (κ3) is 3.55. The molecule has 0 aliphatic carbocycles. The first-order chi connectivity index (χ1) is 9.56. The Balaban J connectivity index is 2.06. The number of aliphatic hydroxyl groups is 1. The second-order valence-electron chi connectivity index (χ2n) is 4.62. The van der Waals surface area contributed by atoms with E-state index < -0.39 is 11.0 Å². The highest BCUT2D eigenvalue weighted by molar-refractivity contribution is 5.53. The van der Waals surface area contributed by atoms with Crippen LogP contribution in [0.1, 0.15) is 17.2 Å². The van der Waals surface area contributed by atoms with Crippen molar-refractivity contribution < 1.29 is 10.0 Å². The van der Waals surface area contributed by atoms with Gasteiger partial charge in [0.05, 0.1) is 11.0 Å². The van der Waals surface area contributed by atoms with E-state index in [0.29, 0.717) is 12.2 Å². The van der Waals surface area contributed by atoms with Crippen LogP contribution in [0.25, 0.3) is 0 Å². The van der Waals surface area contributed by atoms with Gasteiger partial charge >= 0.3 is 0 Å². The molecule has 0 saturated heterocycles. The number of nitrogens with one attached hydrogen (secondary N) is 1. The Kier molecular flexibility index (Phi) is 4.32. The predicted octanol–water partition coefficient (Wildman–Crippen LogP) is 3.05. The van der Waals surface area contributed by atoms with E-state index >= 15 is 0 Å². The molecule has 0 saturated carbocycles. The second-order valence-corrected chi connectivity index (χ2v) is 4.62. The third-order valence-electron chi connectivity index (χ3n) is 2.96. The van der Waals surface area contributed by atoms with Crippen molar-refractivity contribution in [1.29, 1.82) is 0 Å². The standard InChI is InChI=1S/C15H16N2O3/c1-11-7-13(9-14(8-11)17(19)20)16-10-15(18)12-5-3-2-4-6-12/h2-9,15-16,18H,10H2,1H3. The summed E-state index contributed by atoms with van der Waals surface area (Å²) in [7, 11) is 0. The predicted molar refractivity (Wildman–Crippen MR) is 77.7 cm³/mol. The van der Waals surface area contributed by atoms with Gasteiger partial charge in [-0.3, -0.25) is 10.1 Å². The van der Waals surface area contributed by atoms with E-state index in [0.717, 1.165) is 11.1 Å². The zero-order chi connectivity index (χ0) is 14.5. The van der Waals surface area contributed by atoms with Crippen molar-refractivity contribution in [3.8, 4) is 0 Å². The van der Waals surface area contributed by atoms with Crippen molar-refractivity contribution in [2.75, 3.05) is 11.9 Å². The molecule has 5 heteroatoms. The third-order valence-corrected chi connectivity index (χ3v) is 2.96. The molecule has 0 aromatic heterocycles. The van der Waals surface area contributed by atoms with Crippen LogP contribution in [0.5, 0.6) is 0 Å². The van der Waals surface area contributed by atoms with Gasteiger partial charge in [-0.25, -0.2) is 0 Å². The molecule has 0 spiro atoms. The molecule has 2 rings (SSSR count). The Morgan fingerprint density at radius 2 is 1.95 bits per heavy atom. The van der Waals surface area contributed by atoms with Gasteiger partial charge in [-0.1, -0.05) is 30.3 Å². The van der Waals surface area contributed by atoms with Crippen LogP contribution in [-0.4, -0.2) is 16.6 Å². The van der Waals surface area contributed by atoms with Gasteiger partial charge < -0.3 is 10.4 Å². The second kappa shape index (κ2) is 6.16. The zero-order valence-corrected chi connectivity index (χ0v) is 11.1. The van der Waals surface area contributed by atoms with Crippen molar-refractivity contribution in [3.05, 3.63) is 69.8 Å². The summed E-state index contributed by atoms with van der Waals surface area (Å²) in [6.07, 6.45) is -0.657. The Bertz CT molecular complexity index is 599. The summed E-state index contributed by atoms with van der Waals surface area (Å²) in [6.45, 7) is 2.09. The van der Waals surface area contributed by atoms with Gasteiger partial charge in [-0.2, -0.15) is 0 Å². The highest BCUT2D eigenvalue weighted by atomic mass is 16.6. The molecule has 2 aromatic carbocycles. The van der Waals surface area contributed by atoms with Crippen LogP contribution in [0.2, 0.25) is 0 Å². The van der Waals surface area contributed by atoms with Crippen LogP contribution in [0, 0.1) is 17.0 Å². The number of anilines is 1. The molecular formula is C15H16N2O3. The average Bonchev–Trinajstić information content (AvgIpc) is 2.45. The maximum atomic E-state index is 10.8. The van der Waals surface area contributed by atoms with Gasteiger partial charge in [-0.15, -0.1) is 0 Å². The quantitative estimate of drug-likeness (QED) is 0.648. The molecule has 1 unspecified atom stereocenters. The van der Waals surface area contributed by atoms with Gasteiger partial charge in [0.15, 0.2) is 0 Å². The van der Waals surface area contributed by atoms with E-state index in [1.54, 1.807) is 6.92 Å². The molecule has 0 amide bonds. The average molecular weight is 272 g/mol. The molecule has 0 fully saturated rings. The summed E-state index contributed by atoms with van der Waals surface area (Å²) in [5, 5.41) is 23.9. The smallest absolute Gasteiger partial charge is 0.271 e. The van der Waals surface area contributed by atoms with Gasteiger partial charge in [0.2, 0.25) is 0 Å². The highest BCUT2D eigenvalue weighted by Gasteiger charge is 2.10. The first kappa shape index (κ1) is 14.0. The molecule has 2 N–H and O–H groups in total. The van der Waals surface area contributed by atoms with E-state index in [4.69, 9.17) is 0 Å². The lowest BCUT2D eigenvalue weighted by molar-refractivity contribution is -0.384. The topological polar surface area (TPSA) is 75.4 Å². The fourth-order valence-corrected chi connectivity index (χ4v) is 1.98. The molecular weight excluding hydrogens is 256 g/mol. The number of nitro groups is 1. The monoisotopic (exact) mass is 272 g/mol. The molecule has 104 valence electrons. The maximum absolute atomic E-state index is 10.8. The minimum atomic E-state index is -0.657. The number of benzene rings is 2. The zero-order valence-electron chi connectivity index (χ0n) is 11.1. The number of nitro benzene ring substituents is 1. The lowest BCUT2D eigenvalue weighted by Crippen LogP contribution is -2.12. The van der Waals surface area contributed by atoms with Crippen LogP contribution in [0.3, 0.4) is 0 Å². The minimum absolute atomic E-state index is 0.0432. The molecule has 20 heavy (non-hydrogen) atoms. The number of rotatable bonds is 5. The number of aryl methyl sites for hydroxylation is 1. The van der Waals surface area contributed by atoms with Crippen LogP contribution < -0.4 is 5.32 Å². The fraction of sp³-hybridized carbons (Fsp3) is 0.200. The highest BCUT2D eigenvalue weighted by Crippen LogP contribution is 2.21. The SMILES string of the molecule is Cc1cc(NCC(O)c2ccccc2)cc([N+](=O)[O-])c1. The summed E-state index contributed by atoms with van der Waals surface area (Å²) in [4.78, 5) is 10.4. The Labute approximate surface area is 117 Å². The lowest BCUT2D eigenvalue weighted by atomic mass is 10.1. The number of nitrogens with zero attached hydrogens (tertiary/aromatic N) is 1. The largest absolute Gasteiger partial charge is 0.387 e. The van der Waals surface area contributed by atoms with E-state index in [-0.39, 0.29) is 5.69 Å². The first-order valence-corrected chi connectivity index (χ1v) is 6.29. The molecule has 0 aliphatic heterocycles. The normalized spacial score (nSPS) is 11.9. The number of non-ortho nitro benzene ring substituents is 1. The van der Waals surface area contributed by atoms with Gasteiger partial charge in [0.25, 0.3) is 5.69 Å². The van der Waals surface area contributed by atoms with Crippen molar-refractivity contribution in [2.24, 2.45) is 0 Å². The fourth-order valence-electron chi connectivity index (χ4n) is 1.98. The van der Waals surface area contributed by atoms with Gasteiger partial charge in [0.1, 0.15) is 0 Å². The number of aliphatic hydroxyl groups excluding tert-OH is 1. The van der Waals surface area contributed by atoms with E-state index in [1.807, 2.05) is 36.4 Å². The summed E-state index contributed by atoms with van der Waals surface area (Å²) < 4.78 is 0. The molecule has 1 atom stereocenters. The van der Waals surface area contributed by atoms with Crippen molar-refractivity contribution in [2.45, 2.75) is 13.0 Å². The molecule has 5 nitrogen and oxygen atoms in total. The summed E-state index contributed by atoms with van der Waals surface area (Å²) in [6, 6.07) is 14.1. The van der Waals surface area contributed by atoms with E-state index in [9.17, 15) is 15.2 Å². The summed E-state index contributed by atoms with van der Waals surface area (Å²) >= 11 is 0. The number of hydrogen-bond acceptors (Lipinski definition) is 4. The van der Waals surface area contributed by atoms with Crippen LogP contribution in [0.4, 0.5) is 11.4 Å². The molecule has 0 aliphatic rings. The number of hydrogen-bond donors (Lipinski definition) is 2. The Morgan fingerprint density at radius 3 is 2.60 bits per heavy atom. The maximum Gasteiger partial charge on any atom is 0.271 e. The summed E-state index contributed by atoms with van der Waals surface area (Å²) in [5.41, 5.74) is 2.28. The van der Waals surface area contributed by atoms with Gasteiger partial charge in [0, 0.05) is 24.4 Å². The Morgan fingerprint density at radius 1 is 1.25 bits per heavy atom. The molecule has 2 aromatic rings. The van der Waals surface area contributed by atoms with Crippen LogP contribution >= 0.6 is 0 Å². The van der Waals surface area contributed by atoms with Crippen molar-refractivity contribution >= 4 is 11.4 Å². The van der Waals surface area contributed by atoms with E-state index in [1.165, 1.54) is 12.1 Å². The first-order valence-electron chi connectivity index (χ1n) is 6.29. The van der Waals surface area contributed by atoms with Crippen molar-refractivity contribution in [3.63, 3.8) is 0 Å². The van der Waals surface area contributed by atoms with Crippen LogP contribution in [0.15, 0.2) is 48.5 Å². The molecule has 0 bridgehead atoms. The van der Waals surface area contributed by atoms with Crippen molar-refractivity contribution in [1.82, 2.24) is 0 Å². The molecule has 0 heterocycles. The minimum Gasteiger partial charge on any atom is -0.387 e. The lowest BCUT2D eigenvalue weighted by Gasteiger charge is -2.13.